The number of sulfonamides is 1. The number of carboxylic acid groups (broad SMARTS) is 1. The molecule has 0 heterocycles. The van der Waals surface area contributed by atoms with Crippen molar-refractivity contribution in [3.63, 3.8) is 0 Å². The number of hydrogen-bond acceptors (Lipinski definition) is 4. The molecule has 0 saturated heterocycles. The van der Waals surface area contributed by atoms with E-state index >= 15 is 0 Å². The minimum absolute atomic E-state index is 0.0608. The molecule has 1 rings (SSSR count). The van der Waals surface area contributed by atoms with Crippen LogP contribution in [0.2, 0.25) is 0 Å². The van der Waals surface area contributed by atoms with Crippen LogP contribution in [0.5, 0.6) is 5.75 Å². The van der Waals surface area contributed by atoms with Crippen molar-refractivity contribution in [2.45, 2.75) is 18.7 Å². The number of nitrogens with one attached hydrogen (secondary N) is 1. The molecular formula is C11H15NO5S. The van der Waals surface area contributed by atoms with Crippen LogP contribution in [-0.4, -0.2) is 33.1 Å². The van der Waals surface area contributed by atoms with Crippen molar-refractivity contribution in [1.29, 1.82) is 0 Å². The van der Waals surface area contributed by atoms with Crippen LogP contribution in [0.3, 0.4) is 0 Å². The van der Waals surface area contributed by atoms with E-state index in [4.69, 9.17) is 9.84 Å². The minimum Gasteiger partial charge on any atom is -0.495 e. The number of carbonyl (C=O) groups is 1. The SMILES string of the molecule is COc1cc(C)c(C)cc1S(=O)(=O)NCC(=O)O. The van der Waals surface area contributed by atoms with Crippen molar-refractivity contribution in [1.82, 2.24) is 4.72 Å². The van der Waals surface area contributed by atoms with Gasteiger partial charge < -0.3 is 9.84 Å². The summed E-state index contributed by atoms with van der Waals surface area (Å²) in [4.78, 5) is 10.3. The Morgan fingerprint density at radius 2 is 1.89 bits per heavy atom. The summed E-state index contributed by atoms with van der Waals surface area (Å²) in [6, 6.07) is 3.06. The van der Waals surface area contributed by atoms with Gasteiger partial charge in [-0.1, -0.05) is 0 Å². The summed E-state index contributed by atoms with van der Waals surface area (Å²) in [7, 11) is -2.53. The van der Waals surface area contributed by atoms with Crippen LogP contribution in [-0.2, 0) is 14.8 Å². The summed E-state index contributed by atoms with van der Waals surface area (Å²) in [5.74, 6) is -1.06. The zero-order chi connectivity index (χ0) is 13.9. The molecule has 0 fully saturated rings. The van der Waals surface area contributed by atoms with Gasteiger partial charge >= 0.3 is 5.97 Å². The van der Waals surface area contributed by atoms with Crippen molar-refractivity contribution >= 4 is 16.0 Å². The summed E-state index contributed by atoms with van der Waals surface area (Å²) >= 11 is 0. The first-order valence-corrected chi connectivity index (χ1v) is 6.63. The summed E-state index contributed by atoms with van der Waals surface area (Å²) in [5.41, 5.74) is 1.68. The first kappa shape index (κ1) is 14.5. The fourth-order valence-corrected chi connectivity index (χ4v) is 2.58. The minimum atomic E-state index is -3.89. The molecule has 0 aliphatic carbocycles. The van der Waals surface area contributed by atoms with E-state index in [0.717, 1.165) is 11.1 Å². The quantitative estimate of drug-likeness (QED) is 0.822. The van der Waals surface area contributed by atoms with Gasteiger partial charge in [0.1, 0.15) is 17.2 Å². The molecule has 0 bridgehead atoms. The molecule has 2 N–H and O–H groups in total. The molecule has 6 nitrogen and oxygen atoms in total. The second kappa shape index (κ2) is 5.36. The monoisotopic (exact) mass is 273 g/mol. The number of methoxy groups -OCH3 is 1. The highest BCUT2D eigenvalue weighted by Crippen LogP contribution is 2.26. The third kappa shape index (κ3) is 3.21. The maximum absolute atomic E-state index is 11.9. The van der Waals surface area contributed by atoms with Crippen LogP contribution < -0.4 is 9.46 Å². The Morgan fingerprint density at radius 3 is 2.39 bits per heavy atom. The van der Waals surface area contributed by atoms with Gasteiger partial charge in [-0.3, -0.25) is 4.79 Å². The van der Waals surface area contributed by atoms with Crippen molar-refractivity contribution in [3.8, 4) is 5.75 Å². The molecule has 18 heavy (non-hydrogen) atoms. The molecule has 1 aromatic rings. The largest absolute Gasteiger partial charge is 0.495 e. The molecular weight excluding hydrogens is 258 g/mol. The summed E-state index contributed by atoms with van der Waals surface area (Å²) in [6.45, 7) is 2.93. The highest BCUT2D eigenvalue weighted by Gasteiger charge is 2.21. The van der Waals surface area contributed by atoms with Gasteiger partial charge in [0, 0.05) is 0 Å². The first-order valence-electron chi connectivity index (χ1n) is 5.14. The Labute approximate surface area is 106 Å². The van der Waals surface area contributed by atoms with E-state index in [0.29, 0.717) is 0 Å². The van der Waals surface area contributed by atoms with E-state index < -0.39 is 22.5 Å². The van der Waals surface area contributed by atoms with Gasteiger partial charge in [0.05, 0.1) is 7.11 Å². The lowest BCUT2D eigenvalue weighted by molar-refractivity contribution is -0.135. The molecule has 0 aliphatic rings. The van der Waals surface area contributed by atoms with Crippen LogP contribution in [0.1, 0.15) is 11.1 Å². The van der Waals surface area contributed by atoms with E-state index in [-0.39, 0.29) is 10.6 Å². The summed E-state index contributed by atoms with van der Waals surface area (Å²) in [5, 5.41) is 8.49. The number of ether oxygens (including phenoxy) is 1. The number of benzene rings is 1. The van der Waals surface area contributed by atoms with Crippen molar-refractivity contribution in [2.24, 2.45) is 0 Å². The van der Waals surface area contributed by atoms with Crippen molar-refractivity contribution in [3.05, 3.63) is 23.3 Å². The van der Waals surface area contributed by atoms with Gasteiger partial charge in [-0.15, -0.1) is 0 Å². The Bertz CT molecular complexity index is 565. The fourth-order valence-electron chi connectivity index (χ4n) is 1.37. The van der Waals surface area contributed by atoms with Crippen LogP contribution in [0, 0.1) is 13.8 Å². The first-order chi connectivity index (χ1) is 8.27. The summed E-state index contributed by atoms with van der Waals surface area (Å²) in [6.07, 6.45) is 0. The van der Waals surface area contributed by atoms with Crippen LogP contribution >= 0.6 is 0 Å². The number of aryl methyl sites for hydroxylation is 2. The second-order valence-corrected chi connectivity index (χ2v) is 5.54. The standard InChI is InChI=1S/C11H15NO5S/c1-7-4-9(17-3)10(5-8(7)2)18(15,16)12-6-11(13)14/h4-5,12H,6H2,1-3H3,(H,13,14). The van der Waals surface area contributed by atoms with E-state index in [9.17, 15) is 13.2 Å². The molecule has 0 atom stereocenters. The van der Waals surface area contributed by atoms with Gasteiger partial charge in [-0.2, -0.15) is 4.72 Å². The highest BCUT2D eigenvalue weighted by atomic mass is 32.2. The van der Waals surface area contributed by atoms with Gasteiger partial charge in [-0.05, 0) is 37.1 Å². The predicted octanol–water partition coefficient (Wildman–Crippen LogP) is 0.675. The molecule has 0 spiro atoms. The zero-order valence-electron chi connectivity index (χ0n) is 10.4. The predicted molar refractivity (Wildman–Crippen MR) is 65.3 cm³/mol. The number of aliphatic carboxylic acids is 1. The highest BCUT2D eigenvalue weighted by molar-refractivity contribution is 7.89. The Kier molecular flexibility index (Phi) is 4.31. The molecule has 0 aliphatic heterocycles. The van der Waals surface area contributed by atoms with Crippen LogP contribution in [0.25, 0.3) is 0 Å². The Hall–Kier alpha value is -1.60. The zero-order valence-corrected chi connectivity index (χ0v) is 11.2. The Morgan fingerprint density at radius 1 is 1.33 bits per heavy atom. The lowest BCUT2D eigenvalue weighted by atomic mass is 10.1. The van der Waals surface area contributed by atoms with Gasteiger partial charge in [0.2, 0.25) is 10.0 Å². The van der Waals surface area contributed by atoms with Gasteiger partial charge in [-0.25, -0.2) is 8.42 Å². The average Bonchev–Trinajstić information content (AvgIpc) is 2.29. The molecule has 0 unspecified atom stereocenters. The third-order valence-corrected chi connectivity index (χ3v) is 3.91. The lowest BCUT2D eigenvalue weighted by Crippen LogP contribution is -2.29. The normalized spacial score (nSPS) is 11.3. The smallest absolute Gasteiger partial charge is 0.318 e. The average molecular weight is 273 g/mol. The van der Waals surface area contributed by atoms with Crippen LogP contribution in [0.15, 0.2) is 17.0 Å². The molecule has 0 saturated carbocycles. The Balaban J connectivity index is 3.23. The third-order valence-electron chi connectivity index (χ3n) is 2.48. The second-order valence-electron chi connectivity index (χ2n) is 3.81. The van der Waals surface area contributed by atoms with Crippen LogP contribution in [0.4, 0.5) is 0 Å². The molecule has 7 heteroatoms. The van der Waals surface area contributed by atoms with E-state index in [2.05, 4.69) is 0 Å². The molecule has 0 radical (unpaired) electrons. The number of rotatable bonds is 5. The molecule has 1 aromatic carbocycles. The molecule has 100 valence electrons. The van der Waals surface area contributed by atoms with E-state index in [1.807, 2.05) is 11.6 Å². The number of hydrogen-bond donors (Lipinski definition) is 2. The van der Waals surface area contributed by atoms with E-state index in [1.165, 1.54) is 13.2 Å². The van der Waals surface area contributed by atoms with Crippen molar-refractivity contribution in [2.75, 3.05) is 13.7 Å². The maximum Gasteiger partial charge on any atom is 0.318 e. The maximum atomic E-state index is 11.9. The van der Waals surface area contributed by atoms with Crippen molar-refractivity contribution < 1.29 is 23.1 Å². The van der Waals surface area contributed by atoms with Gasteiger partial charge in [0.25, 0.3) is 0 Å². The number of carboxylic acids is 1. The van der Waals surface area contributed by atoms with Gasteiger partial charge in [0.15, 0.2) is 0 Å². The summed E-state index contributed by atoms with van der Waals surface area (Å²) < 4.78 is 30.8. The lowest BCUT2D eigenvalue weighted by Gasteiger charge is -2.12. The molecule has 0 amide bonds. The fraction of sp³-hybridized carbons (Fsp3) is 0.364. The molecule has 0 aromatic heterocycles. The van der Waals surface area contributed by atoms with E-state index in [1.54, 1.807) is 13.0 Å². The topological polar surface area (TPSA) is 92.7 Å².